The van der Waals surface area contributed by atoms with Crippen LogP contribution in [0.2, 0.25) is 5.02 Å². The van der Waals surface area contributed by atoms with Gasteiger partial charge in [-0.25, -0.2) is 0 Å². The number of hydrogen-bond donors (Lipinski definition) is 0. The molecule has 126 valence electrons. The minimum Gasteiger partial charge on any atom is -0.489 e. The van der Waals surface area contributed by atoms with Crippen molar-refractivity contribution < 1.29 is 9.47 Å². The van der Waals surface area contributed by atoms with Gasteiger partial charge >= 0.3 is 0 Å². The van der Waals surface area contributed by atoms with Crippen molar-refractivity contribution in [3.8, 4) is 11.5 Å². The van der Waals surface area contributed by atoms with Gasteiger partial charge in [0, 0.05) is 5.39 Å². The van der Waals surface area contributed by atoms with Crippen LogP contribution in [-0.2, 0) is 0 Å². The number of hydrogen-bond acceptors (Lipinski definition) is 2. The summed E-state index contributed by atoms with van der Waals surface area (Å²) < 4.78 is 12.1. The molecule has 0 saturated heterocycles. The number of halogens is 1. The van der Waals surface area contributed by atoms with Gasteiger partial charge in [0.05, 0.1) is 18.2 Å². The molecule has 0 amide bonds. The fourth-order valence-corrected chi connectivity index (χ4v) is 2.59. The summed E-state index contributed by atoms with van der Waals surface area (Å²) in [5.41, 5.74) is 0. The molecule has 0 radical (unpaired) electrons. The van der Waals surface area contributed by atoms with Crippen molar-refractivity contribution in [1.82, 2.24) is 0 Å². The molecule has 0 aliphatic carbocycles. The van der Waals surface area contributed by atoms with Crippen molar-refractivity contribution in [2.75, 3.05) is 13.2 Å². The van der Waals surface area contributed by atoms with E-state index in [4.69, 9.17) is 21.1 Å². The lowest BCUT2D eigenvalue weighted by atomic mass is 10.1. The second kappa shape index (κ2) is 8.44. The normalized spacial score (nSPS) is 11.4. The van der Waals surface area contributed by atoms with E-state index in [-0.39, 0.29) is 0 Å². The van der Waals surface area contributed by atoms with Gasteiger partial charge in [-0.3, -0.25) is 0 Å². The molecule has 0 heterocycles. The molecule has 0 atom stereocenters. The van der Waals surface area contributed by atoms with Crippen LogP contribution in [0.15, 0.2) is 30.3 Å². The Morgan fingerprint density at radius 2 is 1.43 bits per heavy atom. The first-order valence-corrected chi connectivity index (χ1v) is 8.83. The number of benzene rings is 2. The van der Waals surface area contributed by atoms with Crippen molar-refractivity contribution >= 4 is 22.4 Å². The van der Waals surface area contributed by atoms with E-state index < -0.39 is 0 Å². The van der Waals surface area contributed by atoms with Crippen LogP contribution in [0, 0.1) is 11.8 Å². The smallest absolute Gasteiger partial charge is 0.180 e. The Morgan fingerprint density at radius 1 is 0.870 bits per heavy atom. The Labute approximate surface area is 144 Å². The maximum atomic E-state index is 6.46. The van der Waals surface area contributed by atoms with Gasteiger partial charge in [0.25, 0.3) is 0 Å². The highest BCUT2D eigenvalue weighted by atomic mass is 35.5. The van der Waals surface area contributed by atoms with Crippen LogP contribution in [0.25, 0.3) is 10.8 Å². The Bertz CT molecular complexity index is 635. The molecule has 2 rings (SSSR count). The Kier molecular flexibility index (Phi) is 6.59. The second-order valence-corrected chi connectivity index (χ2v) is 7.21. The molecule has 0 saturated carbocycles. The largest absolute Gasteiger partial charge is 0.489 e. The SMILES string of the molecule is CC(C)CCOc1c(Cl)cc2ccccc2c1OCCC(C)C. The summed E-state index contributed by atoms with van der Waals surface area (Å²) in [6.45, 7) is 10.1. The van der Waals surface area contributed by atoms with Crippen molar-refractivity contribution in [3.05, 3.63) is 35.4 Å². The van der Waals surface area contributed by atoms with Crippen LogP contribution in [0.5, 0.6) is 11.5 Å². The van der Waals surface area contributed by atoms with E-state index >= 15 is 0 Å². The van der Waals surface area contributed by atoms with Crippen LogP contribution >= 0.6 is 11.6 Å². The summed E-state index contributed by atoms with van der Waals surface area (Å²) in [5.74, 6) is 2.65. The Morgan fingerprint density at radius 3 is 2.04 bits per heavy atom. The second-order valence-electron chi connectivity index (χ2n) is 6.80. The first-order valence-electron chi connectivity index (χ1n) is 8.46. The van der Waals surface area contributed by atoms with E-state index in [1.54, 1.807) is 0 Å². The third-order valence-electron chi connectivity index (χ3n) is 3.79. The molecule has 0 fully saturated rings. The molecule has 0 bridgehead atoms. The molecule has 23 heavy (non-hydrogen) atoms. The zero-order chi connectivity index (χ0) is 16.8. The maximum absolute atomic E-state index is 6.46. The number of rotatable bonds is 8. The van der Waals surface area contributed by atoms with E-state index in [1.165, 1.54) is 0 Å². The minimum absolute atomic E-state index is 0.597. The third-order valence-corrected chi connectivity index (χ3v) is 4.07. The highest BCUT2D eigenvalue weighted by molar-refractivity contribution is 6.33. The van der Waals surface area contributed by atoms with Crippen LogP contribution in [0.3, 0.4) is 0 Å². The molecule has 0 aromatic heterocycles. The molecule has 0 N–H and O–H groups in total. The zero-order valence-electron chi connectivity index (χ0n) is 14.6. The van der Waals surface area contributed by atoms with Gasteiger partial charge in [-0.15, -0.1) is 0 Å². The van der Waals surface area contributed by atoms with Gasteiger partial charge < -0.3 is 9.47 Å². The number of fused-ring (bicyclic) bond motifs is 1. The van der Waals surface area contributed by atoms with Gasteiger partial charge in [0.1, 0.15) is 0 Å². The van der Waals surface area contributed by atoms with Gasteiger partial charge in [0.15, 0.2) is 11.5 Å². The zero-order valence-corrected chi connectivity index (χ0v) is 15.3. The fourth-order valence-electron chi connectivity index (χ4n) is 2.33. The molecule has 2 aromatic carbocycles. The third kappa shape index (κ3) is 5.04. The maximum Gasteiger partial charge on any atom is 0.180 e. The lowest BCUT2D eigenvalue weighted by Crippen LogP contribution is -2.06. The van der Waals surface area contributed by atoms with Crippen LogP contribution < -0.4 is 9.47 Å². The van der Waals surface area contributed by atoms with Gasteiger partial charge in [0.2, 0.25) is 0 Å². The predicted molar refractivity (Wildman–Crippen MR) is 98.9 cm³/mol. The molecule has 2 aromatic rings. The summed E-state index contributed by atoms with van der Waals surface area (Å²) in [5, 5.41) is 2.75. The van der Waals surface area contributed by atoms with Gasteiger partial charge in [-0.2, -0.15) is 0 Å². The molecule has 0 spiro atoms. The molecule has 0 unspecified atom stereocenters. The lowest BCUT2D eigenvalue weighted by Gasteiger charge is -2.18. The van der Waals surface area contributed by atoms with Crippen molar-refractivity contribution in [3.63, 3.8) is 0 Å². The van der Waals surface area contributed by atoms with Crippen molar-refractivity contribution in [1.29, 1.82) is 0 Å². The van der Waals surface area contributed by atoms with Gasteiger partial charge in [-0.05, 0) is 36.1 Å². The Balaban J connectivity index is 2.31. The standard InChI is InChI=1S/C20H27ClO2/c1-14(2)9-11-22-19-17-8-6-5-7-16(17)13-18(21)20(19)23-12-10-15(3)4/h5-8,13-15H,9-12H2,1-4H3. The summed E-state index contributed by atoms with van der Waals surface area (Å²) in [6.07, 6.45) is 2.00. The average Bonchev–Trinajstić information content (AvgIpc) is 2.48. The minimum atomic E-state index is 0.597. The molecule has 0 aliphatic rings. The van der Waals surface area contributed by atoms with Crippen molar-refractivity contribution in [2.24, 2.45) is 11.8 Å². The first kappa shape index (κ1) is 17.9. The average molecular weight is 335 g/mol. The van der Waals surface area contributed by atoms with E-state index in [1.807, 2.05) is 18.2 Å². The lowest BCUT2D eigenvalue weighted by molar-refractivity contribution is 0.249. The monoisotopic (exact) mass is 334 g/mol. The summed E-state index contributed by atoms with van der Waals surface area (Å²) in [6, 6.07) is 10.1. The summed E-state index contributed by atoms with van der Waals surface area (Å²) in [4.78, 5) is 0. The molecule has 2 nitrogen and oxygen atoms in total. The van der Waals surface area contributed by atoms with Crippen LogP contribution in [0.1, 0.15) is 40.5 Å². The fraction of sp³-hybridized carbons (Fsp3) is 0.500. The molecular formula is C20H27ClO2. The highest BCUT2D eigenvalue weighted by Gasteiger charge is 2.15. The summed E-state index contributed by atoms with van der Waals surface area (Å²) in [7, 11) is 0. The topological polar surface area (TPSA) is 18.5 Å². The number of ether oxygens (including phenoxy) is 2. The molecule has 3 heteroatoms. The first-order chi connectivity index (χ1) is 11.0. The molecule has 0 aliphatic heterocycles. The molecular weight excluding hydrogens is 308 g/mol. The predicted octanol–water partition coefficient (Wildman–Crippen LogP) is 6.34. The van der Waals surface area contributed by atoms with Crippen molar-refractivity contribution in [2.45, 2.75) is 40.5 Å². The van der Waals surface area contributed by atoms with Crippen LogP contribution in [0.4, 0.5) is 0 Å². The van der Waals surface area contributed by atoms with E-state index in [9.17, 15) is 0 Å². The van der Waals surface area contributed by atoms with Crippen LogP contribution in [-0.4, -0.2) is 13.2 Å². The quantitative estimate of drug-likeness (QED) is 0.560. The highest BCUT2D eigenvalue weighted by Crippen LogP contribution is 2.42. The van der Waals surface area contributed by atoms with E-state index in [2.05, 4.69) is 39.8 Å². The van der Waals surface area contributed by atoms with E-state index in [0.717, 1.165) is 29.4 Å². The van der Waals surface area contributed by atoms with E-state index in [0.29, 0.717) is 35.8 Å². The summed E-state index contributed by atoms with van der Waals surface area (Å²) >= 11 is 6.46. The van der Waals surface area contributed by atoms with Gasteiger partial charge in [-0.1, -0.05) is 63.6 Å². The Hall–Kier alpha value is -1.41.